The number of aromatic carboxylic acids is 1. The molecular weight excluding hydrogens is 506 g/mol. The average Bonchev–Trinajstić information content (AvgIpc) is 3.07. The lowest BCUT2D eigenvalue weighted by Crippen LogP contribution is -2.53. The lowest BCUT2D eigenvalue weighted by Gasteiger charge is -2.43. The molecule has 1 aliphatic carbocycles. The summed E-state index contributed by atoms with van der Waals surface area (Å²) in [6.45, 7) is 2.38. The van der Waals surface area contributed by atoms with Crippen LogP contribution in [-0.2, 0) is 12.3 Å². The van der Waals surface area contributed by atoms with Gasteiger partial charge in [-0.25, -0.2) is 18.0 Å². The minimum Gasteiger partial charge on any atom is -0.478 e. The van der Waals surface area contributed by atoms with Crippen molar-refractivity contribution in [3.63, 3.8) is 0 Å². The Bertz CT molecular complexity index is 1410. The number of alkyl halides is 3. The Labute approximate surface area is 225 Å². The highest BCUT2D eigenvalue weighted by Crippen LogP contribution is 2.44. The second-order valence-corrected chi connectivity index (χ2v) is 10.5. The Morgan fingerprint density at radius 3 is 2.38 bits per heavy atom. The molecule has 3 aromatic carbocycles. The molecule has 1 aliphatic heterocycles. The summed E-state index contributed by atoms with van der Waals surface area (Å²) in [5.74, 6) is -5.15. The van der Waals surface area contributed by atoms with Crippen molar-refractivity contribution in [3.8, 4) is 0 Å². The Hall–Kier alpha value is -3.45. The number of hydrogen-bond acceptors (Lipinski definition) is 2. The van der Waals surface area contributed by atoms with E-state index in [9.17, 15) is 18.7 Å². The molecule has 7 heteroatoms. The Morgan fingerprint density at radius 1 is 1.00 bits per heavy atom. The number of hydrogen-bond donors (Lipinski definition) is 1. The Morgan fingerprint density at radius 2 is 1.72 bits per heavy atom. The van der Waals surface area contributed by atoms with Crippen LogP contribution in [0.3, 0.4) is 0 Å². The highest BCUT2D eigenvalue weighted by Gasteiger charge is 2.47. The zero-order chi connectivity index (χ0) is 27.7. The fourth-order valence-corrected chi connectivity index (χ4v) is 5.85. The number of carbonyl (C=O) groups is 1. The number of carboxylic acids is 1. The minimum atomic E-state index is -3.01. The van der Waals surface area contributed by atoms with Gasteiger partial charge in [0.1, 0.15) is 5.82 Å². The van der Waals surface area contributed by atoms with Crippen LogP contribution >= 0.6 is 0 Å². The summed E-state index contributed by atoms with van der Waals surface area (Å²) in [5, 5.41) is 9.53. The molecule has 0 unspecified atom stereocenters. The highest BCUT2D eigenvalue weighted by molar-refractivity contribution is 6.01. The van der Waals surface area contributed by atoms with Crippen LogP contribution in [0.25, 0.3) is 11.1 Å². The van der Waals surface area contributed by atoms with E-state index in [2.05, 4.69) is 0 Å². The number of aryl methyl sites for hydroxylation is 2. The molecule has 0 spiro atoms. The molecule has 0 aromatic heterocycles. The van der Waals surface area contributed by atoms with Gasteiger partial charge in [0.05, 0.1) is 18.2 Å². The molecule has 1 N–H and O–H groups in total. The number of halogens is 4. The van der Waals surface area contributed by atoms with Crippen molar-refractivity contribution in [2.45, 2.75) is 38.5 Å². The smallest absolute Gasteiger partial charge is 0.335 e. The third-order valence-electron chi connectivity index (χ3n) is 7.95. The van der Waals surface area contributed by atoms with Crippen LogP contribution in [0.15, 0.2) is 60.7 Å². The predicted molar refractivity (Wildman–Crippen MR) is 144 cm³/mol. The van der Waals surface area contributed by atoms with Crippen molar-refractivity contribution >= 4 is 17.1 Å². The number of carboxylic acid groups (broad SMARTS) is 1. The molecule has 0 atom stereocenters. The summed E-state index contributed by atoms with van der Waals surface area (Å²) >= 11 is 0. The van der Waals surface area contributed by atoms with Gasteiger partial charge in [-0.1, -0.05) is 36.4 Å². The number of likely N-dealkylation sites (tertiary alicyclic amines) is 1. The minimum absolute atomic E-state index is 0.0587. The van der Waals surface area contributed by atoms with E-state index < -0.39 is 24.5 Å². The summed E-state index contributed by atoms with van der Waals surface area (Å²) < 4.78 is 57.0. The molecule has 2 aliphatic rings. The zero-order valence-electron chi connectivity index (χ0n) is 21.8. The third kappa shape index (κ3) is 5.37. The van der Waals surface area contributed by atoms with Crippen LogP contribution in [0.1, 0.15) is 63.0 Å². The first kappa shape index (κ1) is 27.1. The number of benzene rings is 3. The standard InChI is InChI=1S/C32H31F4NO2/c1-20-16-26(34)11-13-27(20)29-5-2-4-22-17-23(31(38)39)8-12-28(22)30(29)21-6-9-24(10-7-21)32(35,36)25-18-37(19-25)15-3-14-33/h6-13,16-17,25H,2-5,14-15,18-19H2,1H3,(H,38,39). The highest BCUT2D eigenvalue weighted by atomic mass is 19.3. The van der Waals surface area contributed by atoms with Crippen LogP contribution in [-0.4, -0.2) is 42.3 Å². The average molecular weight is 538 g/mol. The van der Waals surface area contributed by atoms with E-state index in [1.807, 2.05) is 11.8 Å². The van der Waals surface area contributed by atoms with Crippen molar-refractivity contribution in [1.82, 2.24) is 4.90 Å². The van der Waals surface area contributed by atoms with E-state index in [1.165, 1.54) is 24.3 Å². The molecule has 3 nitrogen and oxygen atoms in total. The van der Waals surface area contributed by atoms with E-state index in [0.29, 0.717) is 25.8 Å². The number of allylic oxidation sites excluding steroid dienone is 1. The van der Waals surface area contributed by atoms with Gasteiger partial charge in [-0.05, 0) is 95.8 Å². The Balaban J connectivity index is 1.56. The molecule has 1 heterocycles. The van der Waals surface area contributed by atoms with Crippen LogP contribution in [0.4, 0.5) is 17.6 Å². The van der Waals surface area contributed by atoms with Crippen molar-refractivity contribution in [3.05, 3.63) is 105 Å². The van der Waals surface area contributed by atoms with Crippen molar-refractivity contribution < 1.29 is 27.5 Å². The number of fused-ring (bicyclic) bond motifs is 1. The molecule has 3 aromatic rings. The maximum Gasteiger partial charge on any atom is 0.335 e. The molecule has 0 amide bonds. The summed E-state index contributed by atoms with van der Waals surface area (Å²) in [6.07, 6.45) is 2.46. The van der Waals surface area contributed by atoms with Crippen LogP contribution < -0.4 is 0 Å². The summed E-state index contributed by atoms with van der Waals surface area (Å²) in [5.41, 5.74) is 6.13. The van der Waals surface area contributed by atoms with Gasteiger partial charge in [0.25, 0.3) is 5.92 Å². The Kier molecular flexibility index (Phi) is 7.63. The van der Waals surface area contributed by atoms with Crippen molar-refractivity contribution in [2.75, 3.05) is 26.3 Å². The zero-order valence-corrected chi connectivity index (χ0v) is 21.8. The maximum absolute atomic E-state index is 15.3. The normalized spacial score (nSPS) is 16.5. The van der Waals surface area contributed by atoms with E-state index in [4.69, 9.17) is 0 Å². The van der Waals surface area contributed by atoms with Gasteiger partial charge in [-0.3, -0.25) is 4.39 Å². The van der Waals surface area contributed by atoms with Gasteiger partial charge in [0.2, 0.25) is 0 Å². The molecular formula is C32H31F4NO2. The molecule has 0 bridgehead atoms. The quantitative estimate of drug-likeness (QED) is 0.302. The summed E-state index contributed by atoms with van der Waals surface area (Å²) in [4.78, 5) is 13.5. The van der Waals surface area contributed by atoms with Gasteiger partial charge >= 0.3 is 5.97 Å². The SMILES string of the molecule is Cc1cc(F)ccc1C1=C(c2ccc(C(F)(F)C3CN(CCCF)C3)cc2)c2ccc(C(=O)O)cc2CCC1. The van der Waals surface area contributed by atoms with Gasteiger partial charge in [0.15, 0.2) is 0 Å². The van der Waals surface area contributed by atoms with Gasteiger partial charge in [-0.15, -0.1) is 0 Å². The van der Waals surface area contributed by atoms with Crippen LogP contribution in [0, 0.1) is 18.7 Å². The first-order chi connectivity index (χ1) is 18.7. The largest absolute Gasteiger partial charge is 0.478 e. The molecule has 5 rings (SSSR count). The third-order valence-corrected chi connectivity index (χ3v) is 7.95. The monoisotopic (exact) mass is 537 g/mol. The first-order valence-electron chi connectivity index (χ1n) is 13.3. The van der Waals surface area contributed by atoms with Gasteiger partial charge in [0, 0.05) is 25.2 Å². The predicted octanol–water partition coefficient (Wildman–Crippen LogP) is 7.51. The number of rotatable bonds is 8. The van der Waals surface area contributed by atoms with Crippen LogP contribution in [0.2, 0.25) is 0 Å². The van der Waals surface area contributed by atoms with Crippen molar-refractivity contribution in [1.29, 1.82) is 0 Å². The van der Waals surface area contributed by atoms with E-state index in [1.54, 1.807) is 36.4 Å². The molecule has 39 heavy (non-hydrogen) atoms. The second kappa shape index (κ2) is 11.0. The molecule has 0 saturated carbocycles. The first-order valence-corrected chi connectivity index (χ1v) is 13.3. The summed E-state index contributed by atoms with van der Waals surface area (Å²) in [6, 6.07) is 16.1. The molecule has 1 saturated heterocycles. The molecule has 0 radical (unpaired) electrons. The summed E-state index contributed by atoms with van der Waals surface area (Å²) in [7, 11) is 0. The van der Waals surface area contributed by atoms with Gasteiger partial charge in [-0.2, -0.15) is 0 Å². The molecule has 204 valence electrons. The second-order valence-electron chi connectivity index (χ2n) is 10.5. The molecule has 1 fully saturated rings. The van der Waals surface area contributed by atoms with E-state index >= 15 is 8.78 Å². The fourth-order valence-electron chi connectivity index (χ4n) is 5.85. The van der Waals surface area contributed by atoms with E-state index in [-0.39, 0.29) is 30.0 Å². The maximum atomic E-state index is 15.3. The lowest BCUT2D eigenvalue weighted by molar-refractivity contribution is -0.124. The fraction of sp³-hybridized carbons (Fsp3) is 0.344. The van der Waals surface area contributed by atoms with Crippen molar-refractivity contribution in [2.24, 2.45) is 5.92 Å². The van der Waals surface area contributed by atoms with Crippen LogP contribution in [0.5, 0.6) is 0 Å². The lowest BCUT2D eigenvalue weighted by atomic mass is 9.84. The van der Waals surface area contributed by atoms with E-state index in [0.717, 1.165) is 45.4 Å². The topological polar surface area (TPSA) is 40.5 Å². The number of nitrogens with zero attached hydrogens (tertiary/aromatic N) is 1. The van der Waals surface area contributed by atoms with Gasteiger partial charge < -0.3 is 10.0 Å².